The van der Waals surface area contributed by atoms with Gasteiger partial charge in [-0.2, -0.15) is 4.31 Å². The van der Waals surface area contributed by atoms with Gasteiger partial charge in [-0.3, -0.25) is 4.79 Å². The molecule has 0 aromatic heterocycles. The first-order chi connectivity index (χ1) is 12.7. The van der Waals surface area contributed by atoms with E-state index < -0.39 is 10.0 Å². The van der Waals surface area contributed by atoms with Gasteiger partial charge in [0, 0.05) is 44.9 Å². The molecule has 0 radical (unpaired) electrons. The highest BCUT2D eigenvalue weighted by Gasteiger charge is 2.29. The van der Waals surface area contributed by atoms with E-state index in [9.17, 15) is 13.2 Å². The molecule has 27 heavy (non-hydrogen) atoms. The summed E-state index contributed by atoms with van der Waals surface area (Å²) in [6.07, 6.45) is 0.837. The Hall–Kier alpha value is -1.19. The Kier molecular flexibility index (Phi) is 8.05. The van der Waals surface area contributed by atoms with Crippen LogP contribution >= 0.6 is 11.6 Å². The molecule has 0 aliphatic carbocycles. The number of halogens is 1. The number of sulfonamides is 1. The highest BCUT2D eigenvalue weighted by atomic mass is 35.5. The summed E-state index contributed by atoms with van der Waals surface area (Å²) in [4.78, 5) is 14.4. The zero-order valence-corrected chi connectivity index (χ0v) is 17.6. The largest absolute Gasteiger partial charge is 0.379 e. The van der Waals surface area contributed by atoms with E-state index in [1.165, 1.54) is 22.5 Å². The molecule has 0 unspecified atom stereocenters. The van der Waals surface area contributed by atoms with Gasteiger partial charge in [-0.15, -0.1) is 0 Å². The third kappa shape index (κ3) is 6.15. The van der Waals surface area contributed by atoms with Gasteiger partial charge in [-0.1, -0.05) is 11.6 Å². The summed E-state index contributed by atoms with van der Waals surface area (Å²) in [5.74, 6) is -0.328. The molecular formula is C18H28ClN3O4S. The van der Waals surface area contributed by atoms with Crippen LogP contribution in [0.4, 0.5) is 0 Å². The number of amides is 1. The van der Waals surface area contributed by atoms with E-state index in [-0.39, 0.29) is 27.5 Å². The topological polar surface area (TPSA) is 78.9 Å². The van der Waals surface area contributed by atoms with Crippen LogP contribution in [0, 0.1) is 0 Å². The van der Waals surface area contributed by atoms with Gasteiger partial charge in [0.05, 0.1) is 11.1 Å². The Morgan fingerprint density at radius 2 is 1.93 bits per heavy atom. The smallest absolute Gasteiger partial charge is 0.251 e. The van der Waals surface area contributed by atoms with Gasteiger partial charge < -0.3 is 15.0 Å². The second-order valence-corrected chi connectivity index (χ2v) is 9.20. The maximum absolute atomic E-state index is 12.9. The number of carbonyl (C=O) groups excluding carboxylic acids is 1. The van der Waals surface area contributed by atoms with E-state index in [1.807, 2.05) is 20.9 Å². The Morgan fingerprint density at radius 3 is 2.56 bits per heavy atom. The van der Waals surface area contributed by atoms with Crippen molar-refractivity contribution in [1.29, 1.82) is 0 Å². The van der Waals surface area contributed by atoms with Crippen molar-refractivity contribution in [2.24, 2.45) is 0 Å². The fourth-order valence-electron chi connectivity index (χ4n) is 2.71. The fourth-order valence-corrected chi connectivity index (χ4v) is 4.63. The molecule has 0 atom stereocenters. The number of hydrogen-bond donors (Lipinski definition) is 1. The Bertz CT molecular complexity index is 747. The minimum absolute atomic E-state index is 0.0236. The van der Waals surface area contributed by atoms with Crippen LogP contribution in [-0.4, -0.2) is 76.0 Å². The van der Waals surface area contributed by atoms with Crippen LogP contribution in [0.25, 0.3) is 0 Å². The SMILES string of the molecule is CC(C)OCCCNC(=O)c1ccc(Cl)c(S(=O)(=O)N2CCN(C)CC2)c1. The molecule has 1 amide bonds. The van der Waals surface area contributed by atoms with Crippen LogP contribution in [0.3, 0.4) is 0 Å². The maximum Gasteiger partial charge on any atom is 0.251 e. The number of rotatable bonds is 8. The number of benzene rings is 1. The first kappa shape index (κ1) is 22.1. The Labute approximate surface area is 166 Å². The summed E-state index contributed by atoms with van der Waals surface area (Å²) in [7, 11) is -1.78. The van der Waals surface area contributed by atoms with Crippen molar-refractivity contribution in [2.45, 2.75) is 31.3 Å². The molecule has 9 heteroatoms. The van der Waals surface area contributed by atoms with E-state index in [1.54, 1.807) is 0 Å². The molecule has 2 rings (SSSR count). The van der Waals surface area contributed by atoms with Gasteiger partial charge in [0.1, 0.15) is 4.90 Å². The molecule has 0 bridgehead atoms. The Morgan fingerprint density at radius 1 is 1.26 bits per heavy atom. The van der Waals surface area contributed by atoms with Crippen LogP contribution in [0.2, 0.25) is 5.02 Å². The van der Waals surface area contributed by atoms with Crippen molar-refractivity contribution in [1.82, 2.24) is 14.5 Å². The molecule has 1 aromatic rings. The Balaban J connectivity index is 2.05. The number of piperazine rings is 1. The van der Waals surface area contributed by atoms with Crippen molar-refractivity contribution in [2.75, 3.05) is 46.4 Å². The summed E-state index contributed by atoms with van der Waals surface area (Å²) in [5.41, 5.74) is 0.275. The van der Waals surface area contributed by atoms with E-state index in [0.717, 1.165) is 0 Å². The molecule has 1 aliphatic rings. The normalized spacial score (nSPS) is 16.6. The van der Waals surface area contributed by atoms with Crippen molar-refractivity contribution in [3.63, 3.8) is 0 Å². The van der Waals surface area contributed by atoms with Gasteiger partial charge in [-0.05, 0) is 45.5 Å². The van der Waals surface area contributed by atoms with Crippen LogP contribution < -0.4 is 5.32 Å². The van der Waals surface area contributed by atoms with E-state index in [4.69, 9.17) is 16.3 Å². The second kappa shape index (κ2) is 9.84. The van der Waals surface area contributed by atoms with Crippen LogP contribution in [0.1, 0.15) is 30.6 Å². The zero-order chi connectivity index (χ0) is 20.0. The van der Waals surface area contributed by atoms with Gasteiger partial charge >= 0.3 is 0 Å². The lowest BCUT2D eigenvalue weighted by molar-refractivity contribution is 0.0757. The monoisotopic (exact) mass is 417 g/mol. The third-order valence-electron chi connectivity index (χ3n) is 4.33. The molecule has 1 aromatic carbocycles. The minimum atomic E-state index is -3.74. The predicted molar refractivity (Wildman–Crippen MR) is 106 cm³/mol. The van der Waals surface area contributed by atoms with Crippen molar-refractivity contribution >= 4 is 27.5 Å². The van der Waals surface area contributed by atoms with Crippen molar-refractivity contribution in [3.05, 3.63) is 28.8 Å². The molecule has 7 nitrogen and oxygen atoms in total. The lowest BCUT2D eigenvalue weighted by Crippen LogP contribution is -2.47. The maximum atomic E-state index is 12.9. The van der Waals surface area contributed by atoms with Crippen LogP contribution in [-0.2, 0) is 14.8 Å². The molecular weight excluding hydrogens is 390 g/mol. The number of carbonyl (C=O) groups is 1. The van der Waals surface area contributed by atoms with Crippen molar-refractivity contribution in [3.8, 4) is 0 Å². The number of ether oxygens (including phenoxy) is 1. The standard InChI is InChI=1S/C18H28ClN3O4S/c1-14(2)26-12-4-7-20-18(23)15-5-6-16(19)17(13-15)27(24,25)22-10-8-21(3)9-11-22/h5-6,13-14H,4,7-12H2,1-3H3,(H,20,23). The van der Waals surface area contributed by atoms with Crippen LogP contribution in [0.15, 0.2) is 23.1 Å². The summed E-state index contributed by atoms with van der Waals surface area (Å²) < 4.78 is 32.7. The molecule has 0 spiro atoms. The van der Waals surface area contributed by atoms with Gasteiger partial charge in [-0.25, -0.2) is 8.42 Å². The molecule has 1 fully saturated rings. The van der Waals surface area contributed by atoms with Crippen LogP contribution in [0.5, 0.6) is 0 Å². The number of hydrogen-bond acceptors (Lipinski definition) is 5. The van der Waals surface area contributed by atoms with Crippen molar-refractivity contribution < 1.29 is 17.9 Å². The third-order valence-corrected chi connectivity index (χ3v) is 6.71. The average molecular weight is 418 g/mol. The predicted octanol–water partition coefficient (Wildman–Crippen LogP) is 1.82. The summed E-state index contributed by atoms with van der Waals surface area (Å²) in [5, 5.41) is 2.90. The zero-order valence-electron chi connectivity index (χ0n) is 16.1. The van der Waals surface area contributed by atoms with Gasteiger partial charge in [0.2, 0.25) is 10.0 Å². The summed E-state index contributed by atoms with van der Waals surface area (Å²) in [6.45, 7) is 7.05. The number of nitrogens with one attached hydrogen (secondary N) is 1. The van der Waals surface area contributed by atoms with E-state index >= 15 is 0 Å². The second-order valence-electron chi connectivity index (χ2n) is 6.88. The molecule has 1 aliphatic heterocycles. The van der Waals surface area contributed by atoms with E-state index in [2.05, 4.69) is 10.2 Å². The van der Waals surface area contributed by atoms with E-state index in [0.29, 0.717) is 45.8 Å². The molecule has 0 saturated carbocycles. The first-order valence-corrected chi connectivity index (χ1v) is 10.9. The molecule has 1 N–H and O–H groups in total. The summed E-state index contributed by atoms with van der Waals surface area (Å²) >= 11 is 6.14. The molecule has 1 heterocycles. The highest BCUT2D eigenvalue weighted by Crippen LogP contribution is 2.26. The van der Waals surface area contributed by atoms with Gasteiger partial charge in [0.25, 0.3) is 5.91 Å². The lowest BCUT2D eigenvalue weighted by atomic mass is 10.2. The number of nitrogens with zero attached hydrogens (tertiary/aromatic N) is 2. The highest BCUT2D eigenvalue weighted by molar-refractivity contribution is 7.89. The fraction of sp³-hybridized carbons (Fsp3) is 0.611. The quantitative estimate of drug-likeness (QED) is 0.653. The lowest BCUT2D eigenvalue weighted by Gasteiger charge is -2.31. The van der Waals surface area contributed by atoms with Gasteiger partial charge in [0.15, 0.2) is 0 Å². The average Bonchev–Trinajstić information content (AvgIpc) is 2.61. The molecule has 1 saturated heterocycles. The minimum Gasteiger partial charge on any atom is -0.379 e. The number of likely N-dealkylation sites (N-methyl/N-ethyl adjacent to an activating group) is 1. The summed E-state index contributed by atoms with van der Waals surface area (Å²) in [6, 6.07) is 4.35. The molecule has 152 valence electrons. The first-order valence-electron chi connectivity index (χ1n) is 9.10.